The number of benzene rings is 2. The highest BCUT2D eigenvalue weighted by atomic mass is 79.9. The van der Waals surface area contributed by atoms with E-state index in [1.165, 1.54) is 0 Å². The number of carboxylic acid groups (broad SMARTS) is 1. The number of ether oxygens (including phenoxy) is 3. The Kier molecular flexibility index (Phi) is 5.82. The van der Waals surface area contributed by atoms with E-state index in [0.717, 1.165) is 33.5 Å². The van der Waals surface area contributed by atoms with Crippen molar-refractivity contribution in [3.63, 3.8) is 0 Å². The number of rotatable bonds is 5. The summed E-state index contributed by atoms with van der Waals surface area (Å²) in [6, 6.07) is 13.8. The maximum atomic E-state index is 12.1. The lowest BCUT2D eigenvalue weighted by Gasteiger charge is -2.50. The zero-order valence-corrected chi connectivity index (χ0v) is 19.0. The molecule has 0 unspecified atom stereocenters. The normalized spacial score (nSPS) is 26.8. The first-order chi connectivity index (χ1) is 14.3. The van der Waals surface area contributed by atoms with Crippen molar-refractivity contribution in [1.29, 1.82) is 0 Å². The molecule has 1 N–H and O–H groups in total. The van der Waals surface area contributed by atoms with Crippen LogP contribution in [0.2, 0.25) is 0 Å². The Hall–Kier alpha value is -2.05. The van der Waals surface area contributed by atoms with Crippen molar-refractivity contribution < 1.29 is 24.1 Å². The van der Waals surface area contributed by atoms with E-state index in [-0.39, 0.29) is 18.1 Å². The van der Waals surface area contributed by atoms with Gasteiger partial charge in [0.1, 0.15) is 17.1 Å². The molecule has 0 amide bonds. The number of carboxylic acids is 1. The topological polar surface area (TPSA) is 65.0 Å². The standard InChI is InChI=1S/C24H27BrO5/c1-24(2)18-13-17(23(26)27)20(11-10-14-6-4-7-15(12-14)28-3)29-21(18)16-8-5-9-19(25)22(16)30-24/h4-9,12,17-18,20-21H,10-11,13H2,1-3H3,(H,26,27)/t17-,18+,20+,21-/m1/s1. The van der Waals surface area contributed by atoms with E-state index >= 15 is 0 Å². The summed E-state index contributed by atoms with van der Waals surface area (Å²) >= 11 is 3.59. The highest BCUT2D eigenvalue weighted by molar-refractivity contribution is 9.10. The van der Waals surface area contributed by atoms with Crippen LogP contribution in [-0.4, -0.2) is 29.9 Å². The molecule has 4 rings (SSSR count). The summed E-state index contributed by atoms with van der Waals surface area (Å²) in [4.78, 5) is 12.1. The molecule has 160 valence electrons. The lowest BCUT2D eigenvalue weighted by atomic mass is 9.71. The molecule has 0 saturated carbocycles. The van der Waals surface area contributed by atoms with Crippen LogP contribution in [-0.2, 0) is 16.0 Å². The van der Waals surface area contributed by atoms with E-state index in [9.17, 15) is 9.90 Å². The van der Waals surface area contributed by atoms with Crippen molar-refractivity contribution >= 4 is 21.9 Å². The van der Waals surface area contributed by atoms with Gasteiger partial charge in [0.15, 0.2) is 0 Å². The van der Waals surface area contributed by atoms with Crippen LogP contribution in [0, 0.1) is 11.8 Å². The second-order valence-electron chi connectivity index (χ2n) is 8.64. The zero-order chi connectivity index (χ0) is 21.5. The molecule has 2 heterocycles. The van der Waals surface area contributed by atoms with Crippen LogP contribution < -0.4 is 9.47 Å². The summed E-state index contributed by atoms with van der Waals surface area (Å²) in [5.41, 5.74) is 1.58. The average Bonchev–Trinajstić information content (AvgIpc) is 2.72. The third kappa shape index (κ3) is 3.95. The van der Waals surface area contributed by atoms with Gasteiger partial charge in [-0.1, -0.05) is 24.3 Å². The van der Waals surface area contributed by atoms with Gasteiger partial charge in [0.25, 0.3) is 0 Å². The van der Waals surface area contributed by atoms with Crippen LogP contribution >= 0.6 is 15.9 Å². The Morgan fingerprint density at radius 3 is 2.77 bits per heavy atom. The van der Waals surface area contributed by atoms with Gasteiger partial charge in [0, 0.05) is 11.5 Å². The summed E-state index contributed by atoms with van der Waals surface area (Å²) in [5.74, 6) is 0.197. The molecule has 2 aliphatic rings. The highest BCUT2D eigenvalue weighted by Gasteiger charge is 2.52. The summed E-state index contributed by atoms with van der Waals surface area (Å²) in [6.07, 6.45) is 1.34. The molecule has 0 aliphatic carbocycles. The predicted molar refractivity (Wildman–Crippen MR) is 117 cm³/mol. The maximum absolute atomic E-state index is 12.1. The largest absolute Gasteiger partial charge is 0.497 e. The number of methoxy groups -OCH3 is 1. The van der Waals surface area contributed by atoms with Gasteiger partial charge in [-0.2, -0.15) is 0 Å². The Morgan fingerprint density at radius 1 is 1.27 bits per heavy atom. The van der Waals surface area contributed by atoms with Crippen LogP contribution in [0.1, 0.15) is 43.9 Å². The predicted octanol–water partition coefficient (Wildman–Crippen LogP) is 5.41. The lowest BCUT2D eigenvalue weighted by molar-refractivity contribution is -0.188. The second-order valence-corrected chi connectivity index (χ2v) is 9.49. The van der Waals surface area contributed by atoms with Crippen molar-refractivity contribution in [2.75, 3.05) is 7.11 Å². The van der Waals surface area contributed by atoms with E-state index < -0.39 is 17.5 Å². The Labute approximate surface area is 185 Å². The number of hydrogen-bond acceptors (Lipinski definition) is 4. The smallest absolute Gasteiger partial charge is 0.309 e. The Bertz CT molecular complexity index is 941. The molecule has 6 heteroatoms. The fourth-order valence-electron chi connectivity index (χ4n) is 4.73. The Balaban J connectivity index is 1.61. The van der Waals surface area contributed by atoms with Crippen LogP contribution in [0.3, 0.4) is 0 Å². The minimum absolute atomic E-state index is 0.0338. The molecular weight excluding hydrogens is 448 g/mol. The fraction of sp³-hybridized carbons (Fsp3) is 0.458. The third-order valence-electron chi connectivity index (χ3n) is 6.37. The molecule has 5 nitrogen and oxygen atoms in total. The third-order valence-corrected chi connectivity index (χ3v) is 7.00. The highest BCUT2D eigenvalue weighted by Crippen LogP contribution is 2.54. The van der Waals surface area contributed by atoms with Crippen molar-refractivity contribution in [2.45, 2.75) is 50.9 Å². The van der Waals surface area contributed by atoms with Crippen molar-refractivity contribution in [1.82, 2.24) is 0 Å². The molecule has 0 radical (unpaired) electrons. The van der Waals surface area contributed by atoms with Crippen LogP contribution in [0.4, 0.5) is 0 Å². The van der Waals surface area contributed by atoms with Gasteiger partial charge in [-0.15, -0.1) is 0 Å². The van der Waals surface area contributed by atoms with E-state index in [4.69, 9.17) is 14.2 Å². The monoisotopic (exact) mass is 474 g/mol. The zero-order valence-electron chi connectivity index (χ0n) is 17.4. The van der Waals surface area contributed by atoms with Crippen LogP contribution in [0.15, 0.2) is 46.9 Å². The Morgan fingerprint density at radius 2 is 2.03 bits per heavy atom. The SMILES string of the molecule is COc1cccc(CC[C@@H]2O[C@@H]3c4cccc(Br)c4OC(C)(C)[C@H]3C[C@H]2C(=O)O)c1. The van der Waals surface area contributed by atoms with Crippen molar-refractivity contribution in [2.24, 2.45) is 11.8 Å². The van der Waals surface area contributed by atoms with E-state index in [0.29, 0.717) is 12.8 Å². The van der Waals surface area contributed by atoms with Gasteiger partial charge in [-0.05, 0) is 72.8 Å². The number of fused-ring (bicyclic) bond motifs is 3. The number of aliphatic carboxylic acids is 1. The van der Waals surface area contributed by atoms with Gasteiger partial charge < -0.3 is 19.3 Å². The van der Waals surface area contributed by atoms with Crippen LogP contribution in [0.5, 0.6) is 11.5 Å². The molecule has 0 bridgehead atoms. The molecule has 1 saturated heterocycles. The number of para-hydroxylation sites is 1. The van der Waals surface area contributed by atoms with E-state index in [1.807, 2.05) is 56.3 Å². The van der Waals surface area contributed by atoms with E-state index in [1.54, 1.807) is 7.11 Å². The second kappa shape index (κ2) is 8.23. The van der Waals surface area contributed by atoms with Gasteiger partial charge in [0.2, 0.25) is 0 Å². The van der Waals surface area contributed by atoms with Crippen molar-refractivity contribution in [3.05, 3.63) is 58.1 Å². The molecule has 2 aromatic carbocycles. The van der Waals surface area contributed by atoms with Gasteiger partial charge >= 0.3 is 5.97 Å². The first kappa shape index (κ1) is 21.2. The van der Waals surface area contributed by atoms with Gasteiger partial charge in [0.05, 0.1) is 29.7 Å². The van der Waals surface area contributed by atoms with Crippen LogP contribution in [0.25, 0.3) is 0 Å². The molecular formula is C24H27BrO5. The number of halogens is 1. The molecule has 2 aliphatic heterocycles. The van der Waals surface area contributed by atoms with Crippen molar-refractivity contribution in [3.8, 4) is 11.5 Å². The summed E-state index contributed by atoms with van der Waals surface area (Å²) in [5, 5.41) is 9.94. The first-order valence-electron chi connectivity index (χ1n) is 10.3. The minimum Gasteiger partial charge on any atom is -0.497 e. The summed E-state index contributed by atoms with van der Waals surface area (Å²) < 4.78 is 19.0. The number of aryl methyl sites for hydroxylation is 1. The maximum Gasteiger partial charge on any atom is 0.309 e. The van der Waals surface area contributed by atoms with Gasteiger partial charge in [-0.25, -0.2) is 0 Å². The molecule has 30 heavy (non-hydrogen) atoms. The average molecular weight is 475 g/mol. The number of carbonyl (C=O) groups is 1. The molecule has 1 fully saturated rings. The number of hydrogen-bond donors (Lipinski definition) is 1. The summed E-state index contributed by atoms with van der Waals surface area (Å²) in [7, 11) is 1.65. The minimum atomic E-state index is -0.806. The molecule has 2 aromatic rings. The fourth-order valence-corrected chi connectivity index (χ4v) is 5.19. The van der Waals surface area contributed by atoms with E-state index in [2.05, 4.69) is 15.9 Å². The van der Waals surface area contributed by atoms with Gasteiger partial charge in [-0.3, -0.25) is 4.79 Å². The molecule has 4 atom stereocenters. The lowest BCUT2D eigenvalue weighted by Crippen LogP contribution is -2.52. The molecule has 0 spiro atoms. The first-order valence-corrected chi connectivity index (χ1v) is 11.1. The molecule has 0 aromatic heterocycles. The summed E-state index contributed by atoms with van der Waals surface area (Å²) in [6.45, 7) is 4.04. The quantitative estimate of drug-likeness (QED) is 0.627.